The number of aryl methyl sites for hydroxylation is 1. The van der Waals surface area contributed by atoms with E-state index in [1.807, 2.05) is 0 Å². The van der Waals surface area contributed by atoms with E-state index in [0.29, 0.717) is 16.5 Å². The van der Waals surface area contributed by atoms with Gasteiger partial charge in [0.15, 0.2) is 0 Å². The molecule has 0 aliphatic rings. The summed E-state index contributed by atoms with van der Waals surface area (Å²) in [5, 5.41) is 21.6. The lowest BCUT2D eigenvalue weighted by molar-refractivity contribution is -0.385. The Labute approximate surface area is 122 Å². The Kier molecular flexibility index (Phi) is 4.30. The number of tetrazole rings is 1. The number of nitro benzene ring substituents is 1. The number of nitrogens with zero attached hydrogens (tertiary/aromatic N) is 5. The first-order valence-corrected chi connectivity index (χ1v) is 6.67. The van der Waals surface area contributed by atoms with Crippen LogP contribution >= 0.6 is 23.4 Å². The van der Waals surface area contributed by atoms with Gasteiger partial charge in [0, 0.05) is 18.9 Å². The molecule has 0 amide bonds. The van der Waals surface area contributed by atoms with Gasteiger partial charge in [0.2, 0.25) is 5.16 Å². The Balaban J connectivity index is 2.21. The van der Waals surface area contributed by atoms with E-state index >= 15 is 0 Å². The maximum atomic E-state index is 11.1. The summed E-state index contributed by atoms with van der Waals surface area (Å²) in [5.74, 6) is 0.436. The number of benzene rings is 1. The quantitative estimate of drug-likeness (QED) is 0.358. The lowest BCUT2D eigenvalue weighted by Gasteiger charge is -2.03. The van der Waals surface area contributed by atoms with Crippen LogP contribution in [-0.4, -0.2) is 30.4 Å². The molecule has 2 aromatic rings. The Morgan fingerprint density at radius 3 is 2.85 bits per heavy atom. The van der Waals surface area contributed by atoms with Crippen molar-refractivity contribution in [3.63, 3.8) is 0 Å². The fourth-order valence-electron chi connectivity index (χ4n) is 1.48. The van der Waals surface area contributed by atoms with Gasteiger partial charge in [0.1, 0.15) is 5.56 Å². The summed E-state index contributed by atoms with van der Waals surface area (Å²) in [6.07, 6.45) is 0. The molecule has 0 N–H and O–H groups in total. The summed E-state index contributed by atoms with van der Waals surface area (Å²) in [6, 6.07) is 4.28. The van der Waals surface area contributed by atoms with Gasteiger partial charge in [-0.2, -0.15) is 0 Å². The number of carbonyl (C=O) groups is 1. The summed E-state index contributed by atoms with van der Waals surface area (Å²) in [7, 11) is 1.69. The van der Waals surface area contributed by atoms with E-state index < -0.39 is 10.2 Å². The lowest BCUT2D eigenvalue weighted by Crippen LogP contribution is -1.99. The molecule has 8 nitrogen and oxygen atoms in total. The topological polar surface area (TPSA) is 104 Å². The highest BCUT2D eigenvalue weighted by atomic mass is 35.5. The highest BCUT2D eigenvalue weighted by molar-refractivity contribution is 7.98. The van der Waals surface area contributed by atoms with Crippen LogP contribution in [0.15, 0.2) is 23.4 Å². The number of hydrogen-bond donors (Lipinski definition) is 0. The van der Waals surface area contributed by atoms with Crippen LogP contribution in [0.2, 0.25) is 0 Å². The van der Waals surface area contributed by atoms with Crippen molar-refractivity contribution >= 4 is 34.3 Å². The SMILES string of the molecule is Cn1nnnc1SCc1ccc(C(=O)Cl)c([N+](=O)[O-])c1. The highest BCUT2D eigenvalue weighted by Crippen LogP contribution is 2.26. The minimum atomic E-state index is -0.853. The van der Waals surface area contributed by atoms with Gasteiger partial charge in [0.05, 0.1) is 4.92 Å². The van der Waals surface area contributed by atoms with Gasteiger partial charge in [-0.25, -0.2) is 4.68 Å². The van der Waals surface area contributed by atoms with Crippen LogP contribution in [0.3, 0.4) is 0 Å². The number of rotatable bonds is 5. The maximum absolute atomic E-state index is 11.1. The first-order chi connectivity index (χ1) is 9.49. The normalized spacial score (nSPS) is 10.5. The molecule has 20 heavy (non-hydrogen) atoms. The Hall–Kier alpha value is -2.00. The Bertz CT molecular complexity index is 675. The third-order valence-electron chi connectivity index (χ3n) is 2.42. The van der Waals surface area contributed by atoms with Crippen LogP contribution in [0.5, 0.6) is 0 Å². The van der Waals surface area contributed by atoms with Crippen molar-refractivity contribution in [1.29, 1.82) is 0 Å². The van der Waals surface area contributed by atoms with Crippen molar-refractivity contribution in [2.24, 2.45) is 7.05 Å². The summed E-state index contributed by atoms with van der Waals surface area (Å²) < 4.78 is 1.50. The molecule has 1 aromatic carbocycles. The van der Waals surface area contributed by atoms with Crippen molar-refractivity contribution in [3.8, 4) is 0 Å². The zero-order chi connectivity index (χ0) is 14.7. The summed E-state index contributed by atoms with van der Waals surface area (Å²) in [4.78, 5) is 21.4. The zero-order valence-electron chi connectivity index (χ0n) is 10.2. The number of halogens is 1. The number of nitro groups is 1. The molecule has 10 heteroatoms. The third kappa shape index (κ3) is 3.11. The van der Waals surface area contributed by atoms with Crippen molar-refractivity contribution < 1.29 is 9.72 Å². The van der Waals surface area contributed by atoms with E-state index in [0.717, 1.165) is 0 Å². The van der Waals surface area contributed by atoms with E-state index in [9.17, 15) is 14.9 Å². The van der Waals surface area contributed by atoms with E-state index in [1.165, 1.54) is 28.6 Å². The molecule has 0 radical (unpaired) electrons. The molecule has 1 aromatic heterocycles. The van der Waals surface area contributed by atoms with Crippen LogP contribution in [-0.2, 0) is 12.8 Å². The first kappa shape index (κ1) is 14.4. The highest BCUT2D eigenvalue weighted by Gasteiger charge is 2.19. The molecule has 0 saturated heterocycles. The number of aromatic nitrogens is 4. The van der Waals surface area contributed by atoms with Gasteiger partial charge in [-0.15, -0.1) is 5.10 Å². The number of thioether (sulfide) groups is 1. The molecular weight excluding hydrogens is 306 g/mol. The molecule has 0 unspecified atom stereocenters. The van der Waals surface area contributed by atoms with Crippen LogP contribution in [0.1, 0.15) is 15.9 Å². The van der Waals surface area contributed by atoms with Gasteiger partial charge < -0.3 is 0 Å². The smallest absolute Gasteiger partial charge is 0.275 e. The van der Waals surface area contributed by atoms with Gasteiger partial charge in [0.25, 0.3) is 10.9 Å². The molecule has 104 valence electrons. The van der Waals surface area contributed by atoms with Crippen LogP contribution in [0.25, 0.3) is 0 Å². The molecule has 0 aliphatic heterocycles. The molecular formula is C10H8ClN5O3S. The maximum Gasteiger partial charge on any atom is 0.281 e. The predicted octanol–water partition coefficient (Wildman–Crippen LogP) is 1.79. The molecule has 0 spiro atoms. The Morgan fingerprint density at radius 1 is 1.55 bits per heavy atom. The monoisotopic (exact) mass is 313 g/mol. The molecule has 0 atom stereocenters. The van der Waals surface area contributed by atoms with Gasteiger partial charge in [-0.1, -0.05) is 17.8 Å². The predicted molar refractivity (Wildman–Crippen MR) is 71.6 cm³/mol. The van der Waals surface area contributed by atoms with E-state index in [2.05, 4.69) is 15.5 Å². The van der Waals surface area contributed by atoms with E-state index in [4.69, 9.17) is 11.6 Å². The second-order valence-corrected chi connectivity index (χ2v) is 5.04. The molecule has 2 rings (SSSR count). The standard InChI is InChI=1S/C10H8ClN5O3S/c1-15-10(12-13-14-15)20-5-6-2-3-7(9(11)17)8(4-6)16(18)19/h2-4H,5H2,1H3. The van der Waals surface area contributed by atoms with Gasteiger partial charge >= 0.3 is 0 Å². The van der Waals surface area contributed by atoms with Crippen molar-refractivity contribution in [2.45, 2.75) is 10.9 Å². The number of hydrogen-bond acceptors (Lipinski definition) is 7. The minimum absolute atomic E-state index is 0.120. The van der Waals surface area contributed by atoms with Crippen molar-refractivity contribution in [2.75, 3.05) is 0 Å². The minimum Gasteiger partial charge on any atom is -0.275 e. The molecule has 1 heterocycles. The molecule has 0 aliphatic carbocycles. The molecule has 0 saturated carbocycles. The largest absolute Gasteiger partial charge is 0.281 e. The second-order valence-electron chi connectivity index (χ2n) is 3.76. The summed E-state index contributed by atoms with van der Waals surface area (Å²) in [5.41, 5.74) is 0.247. The average molecular weight is 314 g/mol. The zero-order valence-corrected chi connectivity index (χ0v) is 11.8. The molecule has 0 bridgehead atoms. The van der Waals surface area contributed by atoms with Gasteiger partial charge in [-0.3, -0.25) is 14.9 Å². The first-order valence-electron chi connectivity index (χ1n) is 5.31. The van der Waals surface area contributed by atoms with Crippen LogP contribution in [0.4, 0.5) is 5.69 Å². The van der Waals surface area contributed by atoms with Gasteiger partial charge in [-0.05, 0) is 33.7 Å². The fraction of sp³-hybridized carbons (Fsp3) is 0.200. The van der Waals surface area contributed by atoms with Crippen molar-refractivity contribution in [3.05, 3.63) is 39.4 Å². The lowest BCUT2D eigenvalue weighted by atomic mass is 10.1. The Morgan fingerprint density at radius 2 is 2.30 bits per heavy atom. The summed E-state index contributed by atoms with van der Waals surface area (Å²) in [6.45, 7) is 0. The van der Waals surface area contributed by atoms with Crippen LogP contribution in [0, 0.1) is 10.1 Å². The van der Waals surface area contributed by atoms with E-state index in [1.54, 1.807) is 13.1 Å². The van der Waals surface area contributed by atoms with E-state index in [-0.39, 0.29) is 11.3 Å². The van der Waals surface area contributed by atoms with Crippen molar-refractivity contribution in [1.82, 2.24) is 20.2 Å². The second kappa shape index (κ2) is 5.97. The molecule has 0 fully saturated rings. The summed E-state index contributed by atoms with van der Waals surface area (Å²) >= 11 is 6.63. The fourth-order valence-corrected chi connectivity index (χ4v) is 2.43. The third-order valence-corrected chi connectivity index (χ3v) is 3.71. The number of carbonyl (C=O) groups excluding carboxylic acids is 1. The van der Waals surface area contributed by atoms with Crippen LogP contribution < -0.4 is 0 Å². The average Bonchev–Trinajstić information content (AvgIpc) is 2.81.